The average molecular weight is 281 g/mol. The molecule has 4 heteroatoms. The van der Waals surface area contributed by atoms with Crippen LogP contribution in [0, 0.1) is 5.92 Å². The smallest absolute Gasteiger partial charge is 0.237 e. The summed E-state index contributed by atoms with van der Waals surface area (Å²) in [6.07, 6.45) is 2.60. The molecule has 1 unspecified atom stereocenters. The Balaban J connectivity index is 2.01. The van der Waals surface area contributed by atoms with Gasteiger partial charge in [0.05, 0.1) is 12.1 Å². The second-order valence-corrected chi connectivity index (χ2v) is 6.12. The van der Waals surface area contributed by atoms with E-state index in [0.29, 0.717) is 12.3 Å². The quantitative estimate of drug-likeness (QED) is 0.891. The van der Waals surface area contributed by atoms with E-state index in [1.807, 2.05) is 18.2 Å². The molecule has 3 nitrogen and oxygen atoms in total. The van der Waals surface area contributed by atoms with Crippen molar-refractivity contribution in [2.24, 2.45) is 11.7 Å². The fourth-order valence-corrected chi connectivity index (χ4v) is 2.82. The van der Waals surface area contributed by atoms with Crippen LogP contribution >= 0.6 is 11.6 Å². The number of amides is 1. The summed E-state index contributed by atoms with van der Waals surface area (Å²) in [5, 5.41) is 3.80. The summed E-state index contributed by atoms with van der Waals surface area (Å²) in [6.45, 7) is 4.14. The Morgan fingerprint density at radius 2 is 2.26 bits per heavy atom. The molecule has 0 radical (unpaired) electrons. The predicted molar refractivity (Wildman–Crippen MR) is 78.1 cm³/mol. The number of aryl methyl sites for hydroxylation is 1. The van der Waals surface area contributed by atoms with Gasteiger partial charge < -0.3 is 11.1 Å². The summed E-state index contributed by atoms with van der Waals surface area (Å²) in [5.41, 5.74) is 8.31. The Morgan fingerprint density at radius 1 is 1.53 bits per heavy atom. The highest BCUT2D eigenvalue weighted by molar-refractivity contribution is 6.30. The van der Waals surface area contributed by atoms with Crippen molar-refractivity contribution < 1.29 is 4.79 Å². The van der Waals surface area contributed by atoms with Gasteiger partial charge in [0, 0.05) is 5.02 Å². The number of nitrogens with two attached hydrogens (primary N) is 1. The van der Waals surface area contributed by atoms with Crippen molar-refractivity contribution in [1.29, 1.82) is 0 Å². The van der Waals surface area contributed by atoms with Crippen LogP contribution in [-0.4, -0.2) is 11.9 Å². The maximum absolute atomic E-state index is 12.0. The number of hydrogen-bond acceptors (Lipinski definition) is 2. The monoisotopic (exact) mass is 280 g/mol. The number of hydrogen-bond donors (Lipinski definition) is 2. The first-order valence-electron chi connectivity index (χ1n) is 6.81. The zero-order valence-corrected chi connectivity index (χ0v) is 12.2. The summed E-state index contributed by atoms with van der Waals surface area (Å²) < 4.78 is 0. The van der Waals surface area contributed by atoms with Crippen LogP contribution in [0.1, 0.15) is 43.9 Å². The van der Waals surface area contributed by atoms with Crippen molar-refractivity contribution in [3.05, 3.63) is 34.3 Å². The van der Waals surface area contributed by atoms with E-state index in [2.05, 4.69) is 19.2 Å². The molecular weight excluding hydrogens is 260 g/mol. The molecule has 0 spiro atoms. The summed E-state index contributed by atoms with van der Waals surface area (Å²) in [7, 11) is 0. The van der Waals surface area contributed by atoms with Crippen LogP contribution in [0.3, 0.4) is 0 Å². The average Bonchev–Trinajstić information content (AvgIpc) is 2.70. The molecule has 1 amide bonds. The molecule has 0 bridgehead atoms. The van der Waals surface area contributed by atoms with Gasteiger partial charge in [0.1, 0.15) is 0 Å². The highest BCUT2D eigenvalue weighted by Gasteiger charge is 2.26. The normalized spacial score (nSPS) is 19.3. The van der Waals surface area contributed by atoms with Gasteiger partial charge >= 0.3 is 0 Å². The molecule has 0 fully saturated rings. The van der Waals surface area contributed by atoms with Crippen LogP contribution in [0.15, 0.2) is 18.2 Å². The minimum atomic E-state index is -0.420. The molecule has 1 aromatic rings. The maximum atomic E-state index is 12.0. The number of fused-ring (bicyclic) bond motifs is 1. The van der Waals surface area contributed by atoms with Crippen LogP contribution in [-0.2, 0) is 11.2 Å². The fourth-order valence-electron chi connectivity index (χ4n) is 2.63. The van der Waals surface area contributed by atoms with Gasteiger partial charge in [-0.2, -0.15) is 0 Å². The lowest BCUT2D eigenvalue weighted by Gasteiger charge is -2.19. The Kier molecular flexibility index (Phi) is 4.48. The number of nitrogens with one attached hydrogen (secondary N) is 1. The van der Waals surface area contributed by atoms with Gasteiger partial charge in [-0.1, -0.05) is 31.5 Å². The third-order valence-corrected chi connectivity index (χ3v) is 3.80. The van der Waals surface area contributed by atoms with Gasteiger partial charge in [-0.3, -0.25) is 4.79 Å². The summed E-state index contributed by atoms with van der Waals surface area (Å²) in [5.74, 6) is 0.372. The van der Waals surface area contributed by atoms with Gasteiger partial charge in [0.25, 0.3) is 0 Å². The third-order valence-electron chi connectivity index (χ3n) is 3.56. The lowest BCUT2D eigenvalue weighted by atomic mass is 10.0. The first kappa shape index (κ1) is 14.4. The summed E-state index contributed by atoms with van der Waals surface area (Å²) in [4.78, 5) is 12.0. The molecule has 0 heterocycles. The van der Waals surface area contributed by atoms with Crippen molar-refractivity contribution in [3.63, 3.8) is 0 Å². The largest absolute Gasteiger partial charge is 0.348 e. The van der Waals surface area contributed by atoms with Crippen molar-refractivity contribution in [3.8, 4) is 0 Å². The van der Waals surface area contributed by atoms with E-state index < -0.39 is 6.04 Å². The van der Waals surface area contributed by atoms with Crippen LogP contribution in [0.4, 0.5) is 0 Å². The molecule has 1 aromatic carbocycles. The van der Waals surface area contributed by atoms with E-state index in [9.17, 15) is 4.79 Å². The maximum Gasteiger partial charge on any atom is 0.237 e. The van der Waals surface area contributed by atoms with Gasteiger partial charge in [-0.15, -0.1) is 0 Å². The first-order valence-corrected chi connectivity index (χ1v) is 7.19. The standard InChI is InChI=1S/C15H21ClN2O/c1-9(2)7-13(17)15(19)18-14-6-3-10-8-11(16)4-5-12(10)14/h4-5,8-9,13-14H,3,6-7,17H2,1-2H3,(H,18,19)/t13-,14?/m0/s1. The Labute approximate surface area is 119 Å². The number of rotatable bonds is 4. The molecule has 19 heavy (non-hydrogen) atoms. The van der Waals surface area contributed by atoms with E-state index >= 15 is 0 Å². The topological polar surface area (TPSA) is 55.1 Å². The Hall–Kier alpha value is -1.06. The Bertz CT molecular complexity index is 473. The lowest BCUT2D eigenvalue weighted by molar-refractivity contribution is -0.123. The minimum Gasteiger partial charge on any atom is -0.348 e. The van der Waals surface area contributed by atoms with E-state index in [1.165, 1.54) is 11.1 Å². The van der Waals surface area contributed by atoms with E-state index in [-0.39, 0.29) is 11.9 Å². The molecule has 0 aliphatic heterocycles. The van der Waals surface area contributed by atoms with E-state index in [0.717, 1.165) is 17.9 Å². The number of halogens is 1. The minimum absolute atomic E-state index is 0.0542. The number of carbonyl (C=O) groups excluding carboxylic acids is 1. The van der Waals surface area contributed by atoms with Crippen LogP contribution in [0.2, 0.25) is 5.02 Å². The lowest BCUT2D eigenvalue weighted by Crippen LogP contribution is -2.42. The molecule has 1 aliphatic carbocycles. The van der Waals surface area contributed by atoms with Crippen LogP contribution in [0.5, 0.6) is 0 Å². The van der Waals surface area contributed by atoms with Crippen molar-refractivity contribution in [2.75, 3.05) is 0 Å². The molecule has 0 aromatic heterocycles. The molecule has 2 rings (SSSR count). The van der Waals surface area contributed by atoms with Gasteiger partial charge in [0.2, 0.25) is 5.91 Å². The predicted octanol–water partition coefficient (Wildman–Crippen LogP) is 2.82. The van der Waals surface area contributed by atoms with Gasteiger partial charge in [0.15, 0.2) is 0 Å². The zero-order chi connectivity index (χ0) is 14.0. The molecule has 1 aliphatic rings. The van der Waals surface area contributed by atoms with Crippen molar-refractivity contribution in [2.45, 2.75) is 45.2 Å². The second-order valence-electron chi connectivity index (χ2n) is 5.68. The second kappa shape index (κ2) is 5.93. The molecular formula is C15H21ClN2O. The van der Waals surface area contributed by atoms with Crippen molar-refractivity contribution in [1.82, 2.24) is 5.32 Å². The molecule has 2 atom stereocenters. The van der Waals surface area contributed by atoms with Crippen molar-refractivity contribution >= 4 is 17.5 Å². The van der Waals surface area contributed by atoms with Gasteiger partial charge in [-0.05, 0) is 48.4 Å². The van der Waals surface area contributed by atoms with Crippen LogP contribution in [0.25, 0.3) is 0 Å². The number of carbonyl (C=O) groups is 1. The molecule has 0 saturated heterocycles. The summed E-state index contributed by atoms with van der Waals surface area (Å²) >= 11 is 5.98. The highest BCUT2D eigenvalue weighted by atomic mass is 35.5. The summed E-state index contributed by atoms with van der Waals surface area (Å²) in [6, 6.07) is 5.52. The SMILES string of the molecule is CC(C)C[C@H](N)C(=O)NC1CCc2cc(Cl)ccc21. The van der Waals surface area contributed by atoms with E-state index in [1.54, 1.807) is 0 Å². The molecule has 0 saturated carbocycles. The molecule has 3 N–H and O–H groups in total. The fraction of sp³-hybridized carbons (Fsp3) is 0.533. The zero-order valence-electron chi connectivity index (χ0n) is 11.4. The van der Waals surface area contributed by atoms with Crippen LogP contribution < -0.4 is 11.1 Å². The highest BCUT2D eigenvalue weighted by Crippen LogP contribution is 2.32. The third kappa shape index (κ3) is 3.48. The Morgan fingerprint density at radius 3 is 2.95 bits per heavy atom. The molecule has 104 valence electrons. The first-order chi connectivity index (χ1) is 8.97. The number of benzene rings is 1. The van der Waals surface area contributed by atoms with Gasteiger partial charge in [-0.25, -0.2) is 0 Å². The van der Waals surface area contributed by atoms with E-state index in [4.69, 9.17) is 17.3 Å².